The predicted octanol–water partition coefficient (Wildman–Crippen LogP) is 3.44. The summed E-state index contributed by atoms with van der Waals surface area (Å²) >= 11 is 5.77. The monoisotopic (exact) mass is 378 g/mol. The van der Waals surface area contributed by atoms with Crippen molar-refractivity contribution >= 4 is 34.9 Å². The highest BCUT2D eigenvalue weighted by atomic mass is 35.5. The van der Waals surface area contributed by atoms with E-state index in [9.17, 15) is 19.7 Å². The van der Waals surface area contributed by atoms with Gasteiger partial charge in [-0.15, -0.1) is 0 Å². The van der Waals surface area contributed by atoms with Crippen LogP contribution in [0.5, 0.6) is 5.75 Å². The number of nitro groups is 1. The van der Waals surface area contributed by atoms with Crippen molar-refractivity contribution in [3.63, 3.8) is 0 Å². The summed E-state index contributed by atoms with van der Waals surface area (Å²) < 4.78 is 10.1. The molecule has 0 aliphatic carbocycles. The van der Waals surface area contributed by atoms with Crippen LogP contribution in [0.15, 0.2) is 42.5 Å². The third kappa shape index (κ3) is 4.70. The van der Waals surface area contributed by atoms with Gasteiger partial charge in [-0.2, -0.15) is 0 Å². The molecule has 0 unspecified atom stereocenters. The summed E-state index contributed by atoms with van der Waals surface area (Å²) in [6.45, 7) is 1.38. The second kappa shape index (κ2) is 8.30. The number of hydrogen-bond donors (Lipinski definition) is 1. The van der Waals surface area contributed by atoms with Crippen molar-refractivity contribution in [3.8, 4) is 5.75 Å². The zero-order valence-electron chi connectivity index (χ0n) is 13.9. The maximum Gasteiger partial charge on any atom is 0.342 e. The number of nitrogens with one attached hydrogen (secondary N) is 1. The van der Waals surface area contributed by atoms with Crippen molar-refractivity contribution in [2.45, 2.75) is 13.0 Å². The lowest BCUT2D eigenvalue weighted by Gasteiger charge is -2.14. The number of nitrogens with zero attached hydrogens (tertiary/aromatic N) is 1. The van der Waals surface area contributed by atoms with Crippen LogP contribution in [-0.4, -0.2) is 30.0 Å². The third-order valence-corrected chi connectivity index (χ3v) is 3.63. The molecular formula is C17H15ClN2O6. The summed E-state index contributed by atoms with van der Waals surface area (Å²) in [5.74, 6) is -1.37. The largest absolute Gasteiger partial charge is 0.496 e. The Morgan fingerprint density at radius 2 is 1.85 bits per heavy atom. The number of carbonyl (C=O) groups is 2. The van der Waals surface area contributed by atoms with Crippen molar-refractivity contribution in [2.75, 3.05) is 12.4 Å². The second-order valence-electron chi connectivity index (χ2n) is 5.19. The maximum atomic E-state index is 12.3. The van der Waals surface area contributed by atoms with E-state index in [1.807, 2.05) is 0 Å². The maximum absolute atomic E-state index is 12.3. The molecule has 0 bridgehead atoms. The van der Waals surface area contributed by atoms with Crippen molar-refractivity contribution in [1.82, 2.24) is 0 Å². The van der Waals surface area contributed by atoms with Gasteiger partial charge in [-0.3, -0.25) is 14.9 Å². The molecule has 0 saturated carbocycles. The van der Waals surface area contributed by atoms with E-state index in [4.69, 9.17) is 21.1 Å². The van der Waals surface area contributed by atoms with E-state index in [0.717, 1.165) is 6.07 Å². The first-order valence-corrected chi connectivity index (χ1v) is 7.79. The molecule has 1 atom stereocenters. The normalized spacial score (nSPS) is 11.3. The number of benzene rings is 2. The first-order valence-electron chi connectivity index (χ1n) is 7.41. The minimum Gasteiger partial charge on any atom is -0.496 e. The van der Waals surface area contributed by atoms with Gasteiger partial charge in [0, 0.05) is 22.8 Å². The molecule has 2 rings (SSSR count). The molecule has 0 saturated heterocycles. The van der Waals surface area contributed by atoms with Gasteiger partial charge in [0.1, 0.15) is 11.3 Å². The summed E-state index contributed by atoms with van der Waals surface area (Å²) in [7, 11) is 1.31. The zero-order chi connectivity index (χ0) is 19.3. The lowest BCUT2D eigenvalue weighted by atomic mass is 10.1. The van der Waals surface area contributed by atoms with Crippen LogP contribution in [0, 0.1) is 10.1 Å². The van der Waals surface area contributed by atoms with Crippen LogP contribution in [0.4, 0.5) is 11.4 Å². The van der Waals surface area contributed by atoms with Crippen LogP contribution < -0.4 is 10.1 Å². The first-order chi connectivity index (χ1) is 12.3. The van der Waals surface area contributed by atoms with Crippen molar-refractivity contribution < 1.29 is 24.0 Å². The number of nitro benzene ring substituents is 1. The molecule has 2 aromatic carbocycles. The van der Waals surface area contributed by atoms with Crippen LogP contribution >= 0.6 is 11.6 Å². The number of methoxy groups -OCH3 is 1. The average molecular weight is 379 g/mol. The topological polar surface area (TPSA) is 108 Å². The van der Waals surface area contributed by atoms with Gasteiger partial charge in [-0.25, -0.2) is 4.79 Å². The molecule has 0 aliphatic rings. The summed E-state index contributed by atoms with van der Waals surface area (Å²) in [4.78, 5) is 34.6. The van der Waals surface area contributed by atoms with E-state index in [2.05, 4.69) is 5.32 Å². The molecule has 0 fully saturated rings. The zero-order valence-corrected chi connectivity index (χ0v) is 14.6. The number of ether oxygens (including phenoxy) is 2. The number of carbonyl (C=O) groups excluding carboxylic acids is 2. The fraction of sp³-hybridized carbons (Fsp3) is 0.176. The van der Waals surface area contributed by atoms with Gasteiger partial charge in [0.05, 0.1) is 12.0 Å². The van der Waals surface area contributed by atoms with Crippen molar-refractivity contribution in [2.24, 2.45) is 0 Å². The van der Waals surface area contributed by atoms with Gasteiger partial charge in [0.25, 0.3) is 11.6 Å². The minimum absolute atomic E-state index is 0.103. The molecule has 136 valence electrons. The molecule has 0 radical (unpaired) electrons. The Morgan fingerprint density at radius 1 is 1.19 bits per heavy atom. The Balaban J connectivity index is 2.10. The smallest absolute Gasteiger partial charge is 0.342 e. The Kier molecular flexibility index (Phi) is 6.13. The summed E-state index contributed by atoms with van der Waals surface area (Å²) in [6.07, 6.45) is -1.14. The average Bonchev–Trinajstić information content (AvgIpc) is 2.62. The van der Waals surface area contributed by atoms with Gasteiger partial charge in [-0.1, -0.05) is 11.6 Å². The van der Waals surface area contributed by atoms with E-state index in [1.165, 1.54) is 26.2 Å². The van der Waals surface area contributed by atoms with E-state index < -0.39 is 22.9 Å². The molecule has 0 heterocycles. The summed E-state index contributed by atoms with van der Waals surface area (Å²) in [5.41, 5.74) is 0.0408. The van der Waals surface area contributed by atoms with E-state index >= 15 is 0 Å². The molecule has 0 spiro atoms. The number of esters is 1. The molecular weight excluding hydrogens is 364 g/mol. The van der Waals surface area contributed by atoms with Crippen LogP contribution in [-0.2, 0) is 9.53 Å². The van der Waals surface area contributed by atoms with Crippen molar-refractivity contribution in [1.29, 1.82) is 0 Å². The Morgan fingerprint density at radius 3 is 2.42 bits per heavy atom. The van der Waals surface area contributed by atoms with Gasteiger partial charge < -0.3 is 14.8 Å². The molecule has 2 aromatic rings. The number of anilines is 1. The van der Waals surface area contributed by atoms with E-state index in [1.54, 1.807) is 24.3 Å². The van der Waals surface area contributed by atoms with Gasteiger partial charge in [0.15, 0.2) is 6.10 Å². The standard InChI is InChI=1S/C17H15ClN2O6/c1-10(16(21)19-12-5-3-11(18)4-6-12)26-17(22)14-9-13(20(23)24)7-8-15(14)25-2/h3-10H,1-2H3,(H,19,21)/t10-/m0/s1. The Labute approximate surface area is 153 Å². The second-order valence-corrected chi connectivity index (χ2v) is 5.62. The SMILES string of the molecule is COc1ccc([N+](=O)[O-])cc1C(=O)O[C@@H](C)C(=O)Nc1ccc(Cl)cc1. The number of non-ortho nitro benzene ring substituents is 1. The fourth-order valence-electron chi connectivity index (χ4n) is 2.02. The third-order valence-electron chi connectivity index (χ3n) is 3.38. The van der Waals surface area contributed by atoms with E-state index in [-0.39, 0.29) is 17.0 Å². The Hall–Kier alpha value is -3.13. The number of hydrogen-bond acceptors (Lipinski definition) is 6. The van der Waals surface area contributed by atoms with Crippen LogP contribution in [0.2, 0.25) is 5.02 Å². The highest BCUT2D eigenvalue weighted by Gasteiger charge is 2.23. The van der Waals surface area contributed by atoms with Crippen molar-refractivity contribution in [3.05, 3.63) is 63.2 Å². The van der Waals surface area contributed by atoms with Gasteiger partial charge in [-0.05, 0) is 37.3 Å². The molecule has 8 nitrogen and oxygen atoms in total. The van der Waals surface area contributed by atoms with E-state index in [0.29, 0.717) is 10.7 Å². The predicted molar refractivity (Wildman–Crippen MR) is 94.6 cm³/mol. The molecule has 0 aromatic heterocycles. The molecule has 26 heavy (non-hydrogen) atoms. The quantitative estimate of drug-likeness (QED) is 0.468. The number of halogens is 1. The first kappa shape index (κ1) is 19.2. The van der Waals surface area contributed by atoms with Crippen LogP contribution in [0.3, 0.4) is 0 Å². The minimum atomic E-state index is -1.14. The highest BCUT2D eigenvalue weighted by Crippen LogP contribution is 2.25. The van der Waals surface area contributed by atoms with Crippen LogP contribution in [0.25, 0.3) is 0 Å². The fourth-order valence-corrected chi connectivity index (χ4v) is 2.15. The summed E-state index contributed by atoms with van der Waals surface area (Å²) in [6, 6.07) is 9.91. The number of amides is 1. The van der Waals surface area contributed by atoms with Gasteiger partial charge in [0.2, 0.25) is 0 Å². The lowest BCUT2D eigenvalue weighted by molar-refractivity contribution is -0.384. The lowest BCUT2D eigenvalue weighted by Crippen LogP contribution is -2.30. The molecule has 0 aliphatic heterocycles. The van der Waals surface area contributed by atoms with Gasteiger partial charge >= 0.3 is 5.97 Å². The summed E-state index contributed by atoms with van der Waals surface area (Å²) in [5, 5.41) is 14.0. The Bertz CT molecular complexity index is 838. The molecule has 9 heteroatoms. The molecule has 1 N–H and O–H groups in total. The van der Waals surface area contributed by atoms with Crippen LogP contribution in [0.1, 0.15) is 17.3 Å². The highest BCUT2D eigenvalue weighted by molar-refractivity contribution is 6.30. The number of rotatable bonds is 6. The molecule has 1 amide bonds.